The van der Waals surface area contributed by atoms with Crippen LogP contribution in [0.25, 0.3) is 11.1 Å². The van der Waals surface area contributed by atoms with Gasteiger partial charge in [0.05, 0.1) is 12.7 Å². The molecule has 1 amide bonds. The summed E-state index contributed by atoms with van der Waals surface area (Å²) in [7, 11) is 1.38. The number of pyridine rings is 1. The second-order valence-corrected chi connectivity index (χ2v) is 8.93. The average molecular weight is 464 g/mol. The molecule has 3 aliphatic heterocycles. The number of amides is 1. The number of carbonyl (C=O) groups excluding carboxylic acids is 2. The molecule has 4 heterocycles. The van der Waals surface area contributed by atoms with Gasteiger partial charge in [-0.25, -0.2) is 9.37 Å². The van der Waals surface area contributed by atoms with Gasteiger partial charge in [0.15, 0.2) is 0 Å². The van der Waals surface area contributed by atoms with Gasteiger partial charge in [0, 0.05) is 48.2 Å². The highest BCUT2D eigenvalue weighted by molar-refractivity contribution is 6.32. The number of carbonyl (C=O) groups is 2. The first-order valence-electron chi connectivity index (χ1n) is 11.1. The maximum atomic E-state index is 13.9. The third-order valence-corrected chi connectivity index (χ3v) is 6.31. The Bertz CT molecular complexity index is 1240. The third-order valence-electron chi connectivity index (χ3n) is 6.31. The van der Waals surface area contributed by atoms with E-state index < -0.39 is 17.5 Å². The number of benzene rings is 1. The van der Waals surface area contributed by atoms with E-state index in [0.29, 0.717) is 35.7 Å². The number of hydrogen-bond donors (Lipinski definition) is 2. The van der Waals surface area contributed by atoms with E-state index in [1.165, 1.54) is 19.2 Å². The zero-order chi connectivity index (χ0) is 24.0. The molecule has 0 saturated carbocycles. The van der Waals surface area contributed by atoms with Crippen LogP contribution in [-0.2, 0) is 19.1 Å². The van der Waals surface area contributed by atoms with Gasteiger partial charge in [0.1, 0.15) is 29.0 Å². The smallest absolute Gasteiger partial charge is 0.324 e. The van der Waals surface area contributed by atoms with Crippen LogP contribution in [0.2, 0.25) is 0 Å². The highest BCUT2D eigenvalue weighted by Crippen LogP contribution is 2.44. The summed E-state index contributed by atoms with van der Waals surface area (Å²) in [5.74, 6) is 0.117. The molecule has 2 N–H and O–H groups in total. The van der Waals surface area contributed by atoms with Crippen LogP contribution < -0.4 is 15.5 Å². The van der Waals surface area contributed by atoms with Gasteiger partial charge in [0.2, 0.25) is 0 Å². The van der Waals surface area contributed by atoms with Crippen molar-refractivity contribution < 1.29 is 23.5 Å². The number of esters is 1. The summed E-state index contributed by atoms with van der Waals surface area (Å²) in [4.78, 5) is 31.2. The molecule has 3 aliphatic rings. The van der Waals surface area contributed by atoms with Gasteiger partial charge in [-0.3, -0.25) is 9.59 Å². The molecule has 0 bridgehead atoms. The van der Waals surface area contributed by atoms with Crippen molar-refractivity contribution in [1.29, 1.82) is 0 Å². The number of fused-ring (bicyclic) bond motifs is 1. The summed E-state index contributed by atoms with van der Waals surface area (Å²) in [5, 5.41) is 5.92. The number of nitrogens with one attached hydrogen (secondary N) is 2. The van der Waals surface area contributed by atoms with Crippen molar-refractivity contribution in [2.24, 2.45) is 0 Å². The molecule has 176 valence electrons. The average Bonchev–Trinajstić information content (AvgIpc) is 3.32. The van der Waals surface area contributed by atoms with Crippen molar-refractivity contribution in [2.75, 3.05) is 37.0 Å². The molecule has 5 rings (SSSR count). The molecule has 0 aliphatic carbocycles. The maximum Gasteiger partial charge on any atom is 0.324 e. The topological polar surface area (TPSA) is 92.8 Å². The van der Waals surface area contributed by atoms with Crippen molar-refractivity contribution in [3.63, 3.8) is 0 Å². The van der Waals surface area contributed by atoms with Crippen LogP contribution in [0.5, 0.6) is 0 Å². The van der Waals surface area contributed by atoms with Crippen LogP contribution in [0.1, 0.15) is 25.0 Å². The number of nitrogens with zero attached hydrogens (tertiary/aromatic N) is 2. The first kappa shape index (κ1) is 22.1. The normalized spacial score (nSPS) is 23.2. The Hall–Kier alpha value is -3.72. The number of piperazine rings is 1. The molecule has 1 aromatic heterocycles. The summed E-state index contributed by atoms with van der Waals surface area (Å²) >= 11 is 0. The van der Waals surface area contributed by atoms with Gasteiger partial charge >= 0.3 is 5.97 Å². The van der Waals surface area contributed by atoms with E-state index in [4.69, 9.17) is 9.47 Å². The van der Waals surface area contributed by atoms with E-state index >= 15 is 0 Å². The monoisotopic (exact) mass is 464 g/mol. The van der Waals surface area contributed by atoms with E-state index in [9.17, 15) is 14.0 Å². The second-order valence-electron chi connectivity index (χ2n) is 8.93. The molecule has 0 radical (unpaired) electrons. The molecular formula is C25H25FN4O4. The quantitative estimate of drug-likeness (QED) is 0.533. The standard InChI is InChI=1S/C25H25FN4O4/c1-25(2)17(11-20(34-25)22-16-10-15(26)5-6-18(16)29-23(22)31)14-4-7-21(28-12-14)30-9-8-27-19(13-30)24(32)33-3/h4-7,10-12,19,27H,8-9,13H2,1-3H3,(H,29,31). The van der Waals surface area contributed by atoms with Crippen LogP contribution in [0.15, 0.2) is 48.4 Å². The molecule has 8 nitrogen and oxygen atoms in total. The van der Waals surface area contributed by atoms with E-state index in [1.54, 1.807) is 12.3 Å². The summed E-state index contributed by atoms with van der Waals surface area (Å²) in [6, 6.07) is 7.65. The fourth-order valence-corrected chi connectivity index (χ4v) is 4.59. The predicted octanol–water partition coefficient (Wildman–Crippen LogP) is 2.73. The van der Waals surface area contributed by atoms with Crippen molar-refractivity contribution in [2.45, 2.75) is 25.5 Å². The predicted molar refractivity (Wildman–Crippen MR) is 125 cm³/mol. The van der Waals surface area contributed by atoms with Gasteiger partial charge in [-0.2, -0.15) is 0 Å². The van der Waals surface area contributed by atoms with E-state index in [-0.39, 0.29) is 11.9 Å². The molecule has 1 fully saturated rings. The zero-order valence-corrected chi connectivity index (χ0v) is 19.1. The minimum atomic E-state index is -0.715. The minimum absolute atomic E-state index is 0.297. The van der Waals surface area contributed by atoms with Gasteiger partial charge in [-0.15, -0.1) is 0 Å². The molecule has 34 heavy (non-hydrogen) atoms. The Labute approximate surface area is 196 Å². The number of ether oxygens (including phenoxy) is 2. The fourth-order valence-electron chi connectivity index (χ4n) is 4.59. The highest BCUT2D eigenvalue weighted by Gasteiger charge is 2.38. The zero-order valence-electron chi connectivity index (χ0n) is 19.1. The van der Waals surface area contributed by atoms with Gasteiger partial charge in [-0.05, 0) is 50.3 Å². The molecule has 9 heteroatoms. The Kier molecular flexibility index (Phi) is 5.36. The van der Waals surface area contributed by atoms with E-state index in [1.807, 2.05) is 37.0 Å². The molecule has 0 spiro atoms. The minimum Gasteiger partial charge on any atom is -0.482 e. The number of halogens is 1. The number of methoxy groups -OCH3 is 1. The van der Waals surface area contributed by atoms with Crippen LogP contribution >= 0.6 is 0 Å². The summed E-state index contributed by atoms with van der Waals surface area (Å²) in [6.45, 7) is 5.67. The lowest BCUT2D eigenvalue weighted by molar-refractivity contribution is -0.143. The molecule has 2 aromatic rings. The Morgan fingerprint density at radius 1 is 1.29 bits per heavy atom. The molecule has 1 saturated heterocycles. The van der Waals surface area contributed by atoms with Gasteiger partial charge in [-0.1, -0.05) is 0 Å². The van der Waals surface area contributed by atoms with Crippen LogP contribution in [-0.4, -0.2) is 55.2 Å². The summed E-state index contributed by atoms with van der Waals surface area (Å²) < 4.78 is 24.9. The van der Waals surface area contributed by atoms with Crippen molar-refractivity contribution in [3.05, 3.63) is 65.3 Å². The maximum absolute atomic E-state index is 13.9. The van der Waals surface area contributed by atoms with Crippen LogP contribution in [0.3, 0.4) is 0 Å². The lowest BCUT2D eigenvalue weighted by Gasteiger charge is -2.33. The summed E-state index contributed by atoms with van der Waals surface area (Å²) in [6.07, 6.45) is 3.58. The fraction of sp³-hybridized carbons (Fsp3) is 0.320. The second kappa shape index (κ2) is 8.25. The Balaban J connectivity index is 1.45. The van der Waals surface area contributed by atoms with Crippen molar-refractivity contribution in [3.8, 4) is 0 Å². The molecule has 1 atom stereocenters. The van der Waals surface area contributed by atoms with Crippen molar-refractivity contribution in [1.82, 2.24) is 10.3 Å². The van der Waals surface area contributed by atoms with Crippen molar-refractivity contribution >= 4 is 34.5 Å². The Morgan fingerprint density at radius 3 is 2.85 bits per heavy atom. The lowest BCUT2D eigenvalue weighted by atomic mass is 9.93. The highest BCUT2D eigenvalue weighted by atomic mass is 19.1. The van der Waals surface area contributed by atoms with E-state index in [0.717, 1.165) is 23.5 Å². The Morgan fingerprint density at radius 2 is 2.12 bits per heavy atom. The third kappa shape index (κ3) is 3.81. The number of rotatable bonds is 3. The molecular weight excluding hydrogens is 439 g/mol. The number of aromatic nitrogens is 1. The summed E-state index contributed by atoms with van der Waals surface area (Å²) in [5.41, 5.74) is 2.36. The molecule has 1 aromatic carbocycles. The number of allylic oxidation sites excluding steroid dienone is 1. The first-order chi connectivity index (χ1) is 16.3. The van der Waals surface area contributed by atoms with E-state index in [2.05, 4.69) is 15.6 Å². The van der Waals surface area contributed by atoms with Crippen LogP contribution in [0.4, 0.5) is 15.9 Å². The number of hydrogen-bond acceptors (Lipinski definition) is 7. The SMILES string of the molecule is COC(=O)C1CN(c2ccc(C3=CC(=C4C(=O)Nc5ccc(F)cc54)OC3(C)C)cn2)CCN1. The van der Waals surface area contributed by atoms with Crippen LogP contribution in [0, 0.1) is 5.82 Å². The largest absolute Gasteiger partial charge is 0.482 e. The molecule has 1 unspecified atom stereocenters. The first-order valence-corrected chi connectivity index (χ1v) is 11.1. The lowest BCUT2D eigenvalue weighted by Crippen LogP contribution is -2.54. The van der Waals surface area contributed by atoms with Gasteiger partial charge in [0.25, 0.3) is 5.91 Å². The number of anilines is 2. The van der Waals surface area contributed by atoms with Gasteiger partial charge < -0.3 is 25.0 Å².